The number of amides is 1. The van der Waals surface area contributed by atoms with E-state index in [-0.39, 0.29) is 17.8 Å². The summed E-state index contributed by atoms with van der Waals surface area (Å²) in [6, 6.07) is 9.72. The number of halogens is 1. The molecule has 0 spiro atoms. The smallest absolute Gasteiger partial charge is 0.242 e. The van der Waals surface area contributed by atoms with Crippen LogP contribution in [0, 0.1) is 0 Å². The third-order valence-corrected chi connectivity index (χ3v) is 2.92. The van der Waals surface area contributed by atoms with Gasteiger partial charge in [0.05, 0.1) is 12.6 Å². The van der Waals surface area contributed by atoms with Crippen LogP contribution in [0.3, 0.4) is 0 Å². The van der Waals surface area contributed by atoms with Crippen LogP contribution in [-0.4, -0.2) is 31.0 Å². The first-order chi connectivity index (χ1) is 7.83. The number of benzene rings is 1. The van der Waals surface area contributed by atoms with Gasteiger partial charge in [0.25, 0.3) is 0 Å². The second kappa shape index (κ2) is 5.32. The van der Waals surface area contributed by atoms with Crippen LogP contribution >= 0.6 is 11.6 Å². The van der Waals surface area contributed by atoms with Crippen molar-refractivity contribution in [3.63, 3.8) is 0 Å². The van der Waals surface area contributed by atoms with Gasteiger partial charge in [-0.3, -0.25) is 4.79 Å². The number of nitrogens with zero attached hydrogens (tertiary/aromatic N) is 1. The van der Waals surface area contributed by atoms with Crippen molar-refractivity contribution < 1.29 is 9.53 Å². The Bertz CT molecular complexity index is 349. The molecule has 1 aromatic rings. The fraction of sp³-hybridized carbons (Fsp3) is 0.417. The molecular formula is C12H14ClNO2. The van der Waals surface area contributed by atoms with Gasteiger partial charge in [0.2, 0.25) is 5.91 Å². The monoisotopic (exact) mass is 239 g/mol. The fourth-order valence-corrected chi connectivity index (χ4v) is 2.07. The zero-order valence-corrected chi connectivity index (χ0v) is 9.69. The molecule has 1 aliphatic heterocycles. The maximum atomic E-state index is 11.8. The van der Waals surface area contributed by atoms with E-state index >= 15 is 0 Å². The van der Waals surface area contributed by atoms with E-state index in [9.17, 15) is 4.79 Å². The van der Waals surface area contributed by atoms with E-state index in [1.54, 1.807) is 4.90 Å². The SMILES string of the molecule is O=C(CCl)N(c1ccccc1)C1CCOC1. The lowest BCUT2D eigenvalue weighted by molar-refractivity contribution is -0.116. The zero-order valence-electron chi connectivity index (χ0n) is 8.93. The number of alkyl halides is 1. The molecule has 86 valence electrons. The van der Waals surface area contributed by atoms with Crippen LogP contribution in [0.1, 0.15) is 6.42 Å². The lowest BCUT2D eigenvalue weighted by atomic mass is 10.2. The van der Waals surface area contributed by atoms with Gasteiger partial charge >= 0.3 is 0 Å². The van der Waals surface area contributed by atoms with Crippen LogP contribution in [0.2, 0.25) is 0 Å². The third-order valence-electron chi connectivity index (χ3n) is 2.69. The van der Waals surface area contributed by atoms with Gasteiger partial charge < -0.3 is 9.64 Å². The number of carbonyl (C=O) groups is 1. The topological polar surface area (TPSA) is 29.5 Å². The number of para-hydroxylation sites is 1. The molecule has 0 radical (unpaired) electrons. The van der Waals surface area contributed by atoms with Gasteiger partial charge in [-0.2, -0.15) is 0 Å². The van der Waals surface area contributed by atoms with Crippen molar-refractivity contribution >= 4 is 23.2 Å². The number of carbonyl (C=O) groups excluding carboxylic acids is 1. The van der Waals surface area contributed by atoms with Crippen molar-refractivity contribution in [3.8, 4) is 0 Å². The largest absolute Gasteiger partial charge is 0.379 e. The highest BCUT2D eigenvalue weighted by Crippen LogP contribution is 2.22. The average molecular weight is 240 g/mol. The van der Waals surface area contributed by atoms with Gasteiger partial charge in [-0.1, -0.05) is 18.2 Å². The number of ether oxygens (including phenoxy) is 1. The summed E-state index contributed by atoms with van der Waals surface area (Å²) in [5.74, 6) is -0.0610. The first kappa shape index (κ1) is 11.4. The molecule has 16 heavy (non-hydrogen) atoms. The van der Waals surface area contributed by atoms with Gasteiger partial charge in [0, 0.05) is 12.3 Å². The minimum Gasteiger partial charge on any atom is -0.379 e. The molecule has 1 aromatic carbocycles. The minimum absolute atomic E-state index is 0.00535. The standard InChI is InChI=1S/C12H14ClNO2/c13-8-12(15)14(11-6-7-16-9-11)10-4-2-1-3-5-10/h1-5,11H,6-9H2. The molecule has 0 N–H and O–H groups in total. The van der Waals surface area contributed by atoms with Gasteiger partial charge in [0.1, 0.15) is 5.88 Å². The van der Waals surface area contributed by atoms with Crippen LogP contribution in [0.25, 0.3) is 0 Å². The maximum absolute atomic E-state index is 11.8. The van der Waals surface area contributed by atoms with Gasteiger partial charge in [-0.05, 0) is 18.6 Å². The molecule has 1 heterocycles. The maximum Gasteiger partial charge on any atom is 0.242 e. The Morgan fingerprint density at radius 3 is 2.75 bits per heavy atom. The van der Waals surface area contributed by atoms with Crippen molar-refractivity contribution in [1.29, 1.82) is 0 Å². The fourth-order valence-electron chi connectivity index (χ4n) is 1.94. The second-order valence-electron chi connectivity index (χ2n) is 3.75. The summed E-state index contributed by atoms with van der Waals surface area (Å²) in [6.07, 6.45) is 0.873. The van der Waals surface area contributed by atoms with Crippen LogP contribution in [0.4, 0.5) is 5.69 Å². The Morgan fingerprint density at radius 1 is 1.44 bits per heavy atom. The lowest BCUT2D eigenvalue weighted by Crippen LogP contribution is -2.41. The van der Waals surface area contributed by atoms with Crippen molar-refractivity contribution in [3.05, 3.63) is 30.3 Å². The van der Waals surface area contributed by atoms with Gasteiger partial charge in [-0.25, -0.2) is 0 Å². The number of hydrogen-bond donors (Lipinski definition) is 0. The van der Waals surface area contributed by atoms with Crippen LogP contribution < -0.4 is 4.90 Å². The molecule has 1 unspecified atom stereocenters. The summed E-state index contributed by atoms with van der Waals surface area (Å²) in [7, 11) is 0. The van der Waals surface area contributed by atoms with E-state index in [1.165, 1.54) is 0 Å². The molecule has 2 rings (SSSR count). The van der Waals surface area contributed by atoms with Crippen molar-refractivity contribution in [2.75, 3.05) is 24.0 Å². The zero-order chi connectivity index (χ0) is 11.4. The predicted octanol–water partition coefficient (Wildman–Crippen LogP) is 2.05. The highest BCUT2D eigenvalue weighted by molar-refractivity contribution is 6.29. The molecule has 3 nitrogen and oxygen atoms in total. The van der Waals surface area contributed by atoms with E-state index < -0.39 is 0 Å². The number of hydrogen-bond acceptors (Lipinski definition) is 2. The Balaban J connectivity index is 2.24. The molecule has 1 amide bonds. The van der Waals surface area contributed by atoms with E-state index in [4.69, 9.17) is 16.3 Å². The Morgan fingerprint density at radius 2 is 2.19 bits per heavy atom. The van der Waals surface area contributed by atoms with E-state index in [0.29, 0.717) is 13.2 Å². The molecule has 1 saturated heterocycles. The van der Waals surface area contributed by atoms with Crippen LogP contribution in [-0.2, 0) is 9.53 Å². The highest BCUT2D eigenvalue weighted by atomic mass is 35.5. The molecule has 1 aliphatic rings. The van der Waals surface area contributed by atoms with Gasteiger partial charge in [0.15, 0.2) is 0 Å². The third kappa shape index (κ3) is 2.36. The Hall–Kier alpha value is -1.06. The quantitative estimate of drug-likeness (QED) is 0.756. The first-order valence-electron chi connectivity index (χ1n) is 5.33. The van der Waals surface area contributed by atoms with Crippen LogP contribution in [0.5, 0.6) is 0 Å². The van der Waals surface area contributed by atoms with Crippen molar-refractivity contribution in [1.82, 2.24) is 0 Å². The number of anilines is 1. The Kier molecular flexibility index (Phi) is 3.80. The molecule has 0 saturated carbocycles. The van der Waals surface area contributed by atoms with E-state index in [1.807, 2.05) is 30.3 Å². The summed E-state index contributed by atoms with van der Waals surface area (Å²) in [6.45, 7) is 1.31. The van der Waals surface area contributed by atoms with Crippen molar-refractivity contribution in [2.24, 2.45) is 0 Å². The highest BCUT2D eigenvalue weighted by Gasteiger charge is 2.27. The lowest BCUT2D eigenvalue weighted by Gasteiger charge is -2.27. The number of rotatable bonds is 3. The van der Waals surface area contributed by atoms with Crippen LogP contribution in [0.15, 0.2) is 30.3 Å². The molecule has 0 aliphatic carbocycles. The van der Waals surface area contributed by atoms with Gasteiger partial charge in [-0.15, -0.1) is 11.6 Å². The second-order valence-corrected chi connectivity index (χ2v) is 4.02. The summed E-state index contributed by atoms with van der Waals surface area (Å²) < 4.78 is 5.32. The van der Waals surface area contributed by atoms with Crippen molar-refractivity contribution in [2.45, 2.75) is 12.5 Å². The normalized spacial score (nSPS) is 19.7. The average Bonchev–Trinajstić information content (AvgIpc) is 2.84. The summed E-state index contributed by atoms with van der Waals surface area (Å²) in [4.78, 5) is 13.6. The van der Waals surface area contributed by atoms with E-state index in [0.717, 1.165) is 12.1 Å². The molecule has 4 heteroatoms. The molecule has 1 fully saturated rings. The molecule has 0 aromatic heterocycles. The molecule has 1 atom stereocenters. The minimum atomic E-state index is -0.0663. The first-order valence-corrected chi connectivity index (χ1v) is 5.87. The van der Waals surface area contributed by atoms with E-state index in [2.05, 4.69) is 0 Å². The molecular weight excluding hydrogens is 226 g/mol. The summed E-state index contributed by atoms with van der Waals surface area (Å²) in [5, 5.41) is 0. The Labute approximate surface area is 100.0 Å². The summed E-state index contributed by atoms with van der Waals surface area (Å²) in [5.41, 5.74) is 0.892. The molecule has 0 bridgehead atoms. The predicted molar refractivity (Wildman–Crippen MR) is 63.9 cm³/mol. The summed E-state index contributed by atoms with van der Waals surface area (Å²) >= 11 is 5.64.